The van der Waals surface area contributed by atoms with Crippen molar-refractivity contribution in [1.82, 2.24) is 25.5 Å². The third-order valence-electron chi connectivity index (χ3n) is 4.04. The molecule has 0 atom stereocenters. The van der Waals surface area contributed by atoms with Crippen LogP contribution in [-0.2, 0) is 6.54 Å². The van der Waals surface area contributed by atoms with Crippen LogP contribution in [0.15, 0.2) is 48.5 Å². The number of benzene rings is 2. The second-order valence-electron chi connectivity index (χ2n) is 6.13. The van der Waals surface area contributed by atoms with Crippen molar-refractivity contribution in [3.63, 3.8) is 0 Å². The molecule has 0 aliphatic rings. The second kappa shape index (κ2) is 10.4. The largest absolute Gasteiger partial charge is 0.490 e. The molecule has 0 amide bonds. The second-order valence-corrected chi connectivity index (χ2v) is 6.13. The minimum absolute atomic E-state index is 0.227. The van der Waals surface area contributed by atoms with E-state index >= 15 is 0 Å². The quantitative estimate of drug-likeness (QED) is 0.492. The number of hydrogen-bond donors (Lipinski definition) is 2. The molecule has 3 aromatic rings. The predicted molar refractivity (Wildman–Crippen MR) is 105 cm³/mol. The van der Waals surface area contributed by atoms with Gasteiger partial charge >= 0.3 is 6.01 Å². The summed E-state index contributed by atoms with van der Waals surface area (Å²) in [4.78, 5) is 0. The Kier molecular flexibility index (Phi) is 7.34. The lowest BCUT2D eigenvalue weighted by atomic mass is 10.2. The van der Waals surface area contributed by atoms with Gasteiger partial charge in [-0.25, -0.2) is 0 Å². The lowest BCUT2D eigenvalue weighted by Gasteiger charge is -2.13. The zero-order chi connectivity index (χ0) is 19.6. The van der Waals surface area contributed by atoms with Crippen LogP contribution in [-0.4, -0.2) is 45.1 Å². The summed E-state index contributed by atoms with van der Waals surface area (Å²) in [6, 6.07) is 15.6. The molecule has 0 spiro atoms. The third kappa shape index (κ3) is 5.28. The van der Waals surface area contributed by atoms with Gasteiger partial charge in [-0.05, 0) is 66.6 Å². The smallest absolute Gasteiger partial charge is 0.346 e. The molecule has 3 rings (SSSR count). The van der Waals surface area contributed by atoms with E-state index in [0.29, 0.717) is 24.7 Å². The van der Waals surface area contributed by atoms with Crippen molar-refractivity contribution < 1.29 is 14.6 Å². The number of nitrogens with one attached hydrogen (secondary N) is 1. The van der Waals surface area contributed by atoms with Gasteiger partial charge < -0.3 is 19.9 Å². The Morgan fingerprint density at radius 3 is 2.71 bits per heavy atom. The van der Waals surface area contributed by atoms with E-state index in [2.05, 4.69) is 20.8 Å². The van der Waals surface area contributed by atoms with Gasteiger partial charge in [-0.15, -0.1) is 0 Å². The van der Waals surface area contributed by atoms with Crippen LogP contribution in [0, 0.1) is 0 Å². The minimum atomic E-state index is 0.227. The predicted octanol–water partition coefficient (Wildman–Crippen LogP) is 2.72. The number of tetrazole rings is 1. The number of unbranched alkanes of at least 4 members (excludes halogenated alkanes) is 1. The van der Waals surface area contributed by atoms with E-state index in [0.717, 1.165) is 30.6 Å². The van der Waals surface area contributed by atoms with Crippen LogP contribution < -0.4 is 14.8 Å². The Bertz CT molecular complexity index is 854. The molecule has 0 saturated carbocycles. The molecule has 0 saturated heterocycles. The van der Waals surface area contributed by atoms with Crippen LogP contribution in [0.3, 0.4) is 0 Å². The maximum absolute atomic E-state index is 8.83. The zero-order valence-corrected chi connectivity index (χ0v) is 15.9. The molecular formula is C20H25N5O3. The Labute approximate surface area is 164 Å². The molecule has 1 aromatic heterocycles. The molecule has 1 heterocycles. The Morgan fingerprint density at radius 2 is 1.93 bits per heavy atom. The summed E-state index contributed by atoms with van der Waals surface area (Å²) < 4.78 is 13.2. The van der Waals surface area contributed by atoms with Crippen molar-refractivity contribution in [1.29, 1.82) is 0 Å². The van der Waals surface area contributed by atoms with Crippen LogP contribution in [0.1, 0.15) is 25.3 Å². The summed E-state index contributed by atoms with van der Waals surface area (Å²) in [5.74, 6) is 1.19. The van der Waals surface area contributed by atoms with Gasteiger partial charge in [0.15, 0.2) is 11.5 Å². The van der Waals surface area contributed by atoms with Gasteiger partial charge in [0.2, 0.25) is 0 Å². The topological polar surface area (TPSA) is 94.3 Å². The number of aliphatic hydroxyl groups is 1. The van der Waals surface area contributed by atoms with Crippen molar-refractivity contribution in [3.05, 3.63) is 54.1 Å². The number of ether oxygens (including phenoxy) is 2. The Morgan fingerprint density at radius 1 is 1.07 bits per heavy atom. The maximum atomic E-state index is 8.83. The first kappa shape index (κ1) is 19.8. The van der Waals surface area contributed by atoms with Crippen LogP contribution in [0.25, 0.3) is 5.69 Å². The minimum Gasteiger partial charge on any atom is -0.490 e. The normalized spacial score (nSPS) is 10.8. The Hall–Kier alpha value is -2.97. The number of hydrogen-bond acceptors (Lipinski definition) is 7. The van der Waals surface area contributed by atoms with Gasteiger partial charge in [0, 0.05) is 13.2 Å². The molecule has 0 radical (unpaired) electrons. The van der Waals surface area contributed by atoms with E-state index in [-0.39, 0.29) is 12.6 Å². The lowest BCUT2D eigenvalue weighted by Crippen LogP contribution is -2.15. The fourth-order valence-electron chi connectivity index (χ4n) is 2.68. The van der Waals surface area contributed by atoms with E-state index < -0.39 is 0 Å². The molecule has 8 nitrogen and oxygen atoms in total. The summed E-state index contributed by atoms with van der Waals surface area (Å²) in [6.07, 6.45) is 1.75. The SMILES string of the molecule is CCOc1cc(CNCCCCO)ccc1Oc1nnnn1-c1ccccc1. The van der Waals surface area contributed by atoms with Crippen LogP contribution in [0.4, 0.5) is 0 Å². The number of para-hydroxylation sites is 1. The van der Waals surface area contributed by atoms with Gasteiger partial charge in [-0.2, -0.15) is 4.68 Å². The van der Waals surface area contributed by atoms with E-state index in [1.165, 1.54) is 4.68 Å². The molecule has 2 aromatic carbocycles. The van der Waals surface area contributed by atoms with Gasteiger partial charge in [0.1, 0.15) is 0 Å². The van der Waals surface area contributed by atoms with E-state index in [1.807, 2.05) is 55.5 Å². The number of rotatable bonds is 11. The molecule has 0 aliphatic carbocycles. The summed E-state index contributed by atoms with van der Waals surface area (Å²) >= 11 is 0. The Balaban J connectivity index is 1.73. The lowest BCUT2D eigenvalue weighted by molar-refractivity contribution is 0.283. The van der Waals surface area contributed by atoms with Crippen LogP contribution in [0.5, 0.6) is 17.5 Å². The highest BCUT2D eigenvalue weighted by Gasteiger charge is 2.14. The van der Waals surface area contributed by atoms with E-state index in [9.17, 15) is 0 Å². The van der Waals surface area contributed by atoms with Crippen LogP contribution in [0.2, 0.25) is 0 Å². The van der Waals surface area contributed by atoms with Crippen molar-refractivity contribution in [2.75, 3.05) is 19.8 Å². The number of nitrogens with zero attached hydrogens (tertiary/aromatic N) is 4. The molecule has 0 unspecified atom stereocenters. The third-order valence-corrected chi connectivity index (χ3v) is 4.04. The summed E-state index contributed by atoms with van der Waals surface area (Å²) in [7, 11) is 0. The highest BCUT2D eigenvalue weighted by atomic mass is 16.5. The molecule has 2 N–H and O–H groups in total. The first-order valence-corrected chi connectivity index (χ1v) is 9.40. The molecule has 0 fully saturated rings. The average Bonchev–Trinajstić information content (AvgIpc) is 3.19. The number of aromatic nitrogens is 4. The van der Waals surface area contributed by atoms with Crippen molar-refractivity contribution in [3.8, 4) is 23.2 Å². The molecule has 8 heteroatoms. The molecule has 148 valence electrons. The standard InChI is InChI=1S/C20H25N5O3/c1-2-27-19-14-16(15-21-12-6-7-13-26)10-11-18(19)28-20-22-23-24-25(20)17-8-4-3-5-9-17/h3-5,8-11,14,21,26H,2,6-7,12-13,15H2,1H3. The van der Waals surface area contributed by atoms with Gasteiger partial charge in [0.25, 0.3) is 0 Å². The van der Waals surface area contributed by atoms with E-state index in [4.69, 9.17) is 14.6 Å². The number of aliphatic hydroxyl groups excluding tert-OH is 1. The fourth-order valence-corrected chi connectivity index (χ4v) is 2.68. The van der Waals surface area contributed by atoms with Gasteiger partial charge in [0.05, 0.1) is 12.3 Å². The molecule has 0 aliphatic heterocycles. The highest BCUT2D eigenvalue weighted by molar-refractivity contribution is 5.44. The summed E-state index contributed by atoms with van der Waals surface area (Å²) in [6.45, 7) is 4.25. The maximum Gasteiger partial charge on any atom is 0.346 e. The van der Waals surface area contributed by atoms with Gasteiger partial charge in [-0.3, -0.25) is 0 Å². The highest BCUT2D eigenvalue weighted by Crippen LogP contribution is 2.32. The monoisotopic (exact) mass is 383 g/mol. The average molecular weight is 383 g/mol. The first-order chi connectivity index (χ1) is 13.8. The molecule has 0 bridgehead atoms. The molecular weight excluding hydrogens is 358 g/mol. The van der Waals surface area contributed by atoms with Gasteiger partial charge in [-0.1, -0.05) is 29.4 Å². The zero-order valence-electron chi connectivity index (χ0n) is 15.9. The summed E-state index contributed by atoms with van der Waals surface area (Å²) in [5.41, 5.74) is 1.90. The van der Waals surface area contributed by atoms with Crippen LogP contribution >= 0.6 is 0 Å². The van der Waals surface area contributed by atoms with Crippen molar-refractivity contribution in [2.24, 2.45) is 0 Å². The first-order valence-electron chi connectivity index (χ1n) is 9.40. The van der Waals surface area contributed by atoms with E-state index in [1.54, 1.807) is 0 Å². The van der Waals surface area contributed by atoms with Crippen molar-refractivity contribution >= 4 is 0 Å². The summed E-state index contributed by atoms with van der Waals surface area (Å²) in [5, 5.41) is 23.9. The van der Waals surface area contributed by atoms with Crippen molar-refractivity contribution in [2.45, 2.75) is 26.3 Å². The molecule has 28 heavy (non-hydrogen) atoms. The fraction of sp³-hybridized carbons (Fsp3) is 0.350.